The molecule has 1 aliphatic carbocycles. The first kappa shape index (κ1) is 13.2. The van der Waals surface area contributed by atoms with Crippen molar-refractivity contribution in [2.45, 2.75) is 26.3 Å². The zero-order chi connectivity index (χ0) is 15.4. The summed E-state index contributed by atoms with van der Waals surface area (Å²) in [5, 5.41) is 4.20. The Morgan fingerprint density at radius 1 is 1.41 bits per heavy atom. The lowest BCUT2D eigenvalue weighted by Crippen LogP contribution is -2.29. The molecule has 1 saturated heterocycles. The normalized spacial score (nSPS) is 24.5. The number of carbonyl (C=O) groups excluding carboxylic acids is 1. The molecule has 0 spiro atoms. The number of aromatic nitrogens is 4. The summed E-state index contributed by atoms with van der Waals surface area (Å²) in [6.45, 7) is 4.69. The summed E-state index contributed by atoms with van der Waals surface area (Å²) < 4.78 is 1.74. The first-order valence-electron chi connectivity index (χ1n) is 7.49. The Hall–Kier alpha value is -2.44. The molecule has 2 fully saturated rings. The zero-order valence-corrected chi connectivity index (χ0v) is 12.6. The minimum atomic E-state index is -0.104. The van der Waals surface area contributed by atoms with Crippen LogP contribution in [0.1, 0.15) is 30.9 Å². The molecule has 0 radical (unpaired) electrons. The van der Waals surface area contributed by atoms with Crippen LogP contribution in [0.3, 0.4) is 0 Å². The fourth-order valence-corrected chi connectivity index (χ4v) is 3.12. The zero-order valence-electron chi connectivity index (χ0n) is 12.6. The van der Waals surface area contributed by atoms with Crippen molar-refractivity contribution in [3.63, 3.8) is 0 Å². The number of nitrogen functional groups attached to an aromatic ring is 1. The Morgan fingerprint density at radius 2 is 2.23 bits per heavy atom. The van der Waals surface area contributed by atoms with Gasteiger partial charge < -0.3 is 10.6 Å². The van der Waals surface area contributed by atoms with Crippen LogP contribution in [0, 0.1) is 18.8 Å². The van der Waals surface area contributed by atoms with Gasteiger partial charge in [0, 0.05) is 18.7 Å². The molecule has 7 nitrogen and oxygen atoms in total. The average molecular weight is 298 g/mol. The van der Waals surface area contributed by atoms with E-state index in [2.05, 4.69) is 15.1 Å². The van der Waals surface area contributed by atoms with Gasteiger partial charge in [-0.05, 0) is 26.2 Å². The van der Waals surface area contributed by atoms with Crippen LogP contribution in [0.2, 0.25) is 0 Å². The predicted octanol–water partition coefficient (Wildman–Crippen LogP) is 1.16. The third kappa shape index (κ3) is 1.96. The number of carbonyl (C=O) groups is 1. The van der Waals surface area contributed by atoms with E-state index in [0.717, 1.165) is 24.3 Å². The summed E-state index contributed by atoms with van der Waals surface area (Å²) >= 11 is 0. The Labute approximate surface area is 128 Å². The van der Waals surface area contributed by atoms with Crippen molar-refractivity contribution in [1.29, 1.82) is 0 Å². The van der Waals surface area contributed by atoms with Crippen molar-refractivity contribution in [3.8, 4) is 0 Å². The SMILES string of the molecule is Cc1nc(C(C)n2cc(N)cn2)ncc1N1C[C@H]2C[C@H]2C1=O. The number of anilines is 2. The van der Waals surface area contributed by atoms with Gasteiger partial charge in [0.05, 0.1) is 29.5 Å². The molecule has 3 heterocycles. The van der Waals surface area contributed by atoms with Crippen molar-refractivity contribution >= 4 is 17.3 Å². The largest absolute Gasteiger partial charge is 0.396 e. The van der Waals surface area contributed by atoms with Gasteiger partial charge in [0.15, 0.2) is 5.82 Å². The second kappa shape index (κ2) is 4.53. The van der Waals surface area contributed by atoms with E-state index in [0.29, 0.717) is 17.4 Å². The van der Waals surface area contributed by atoms with Crippen molar-refractivity contribution in [2.75, 3.05) is 17.2 Å². The molecule has 1 aliphatic heterocycles. The van der Waals surface area contributed by atoms with Crippen LogP contribution in [0.15, 0.2) is 18.6 Å². The van der Waals surface area contributed by atoms with E-state index >= 15 is 0 Å². The lowest BCUT2D eigenvalue weighted by Gasteiger charge is -2.20. The highest BCUT2D eigenvalue weighted by Gasteiger charge is 2.52. The van der Waals surface area contributed by atoms with Gasteiger partial charge in [-0.3, -0.25) is 9.48 Å². The Morgan fingerprint density at radius 3 is 2.82 bits per heavy atom. The molecule has 114 valence electrons. The van der Waals surface area contributed by atoms with Gasteiger partial charge in [0.1, 0.15) is 6.04 Å². The van der Waals surface area contributed by atoms with E-state index in [1.807, 2.05) is 18.7 Å². The Kier molecular flexibility index (Phi) is 2.72. The van der Waals surface area contributed by atoms with Crippen LogP contribution >= 0.6 is 0 Å². The van der Waals surface area contributed by atoms with Crippen LogP contribution in [0.25, 0.3) is 0 Å². The van der Waals surface area contributed by atoms with Crippen molar-refractivity contribution < 1.29 is 4.79 Å². The molecule has 2 N–H and O–H groups in total. The number of hydrogen-bond acceptors (Lipinski definition) is 5. The number of aryl methyl sites for hydroxylation is 1. The topological polar surface area (TPSA) is 89.9 Å². The third-order valence-electron chi connectivity index (χ3n) is 4.58. The third-order valence-corrected chi connectivity index (χ3v) is 4.58. The number of amides is 1. The number of nitrogens with zero attached hydrogens (tertiary/aromatic N) is 5. The second-order valence-electron chi connectivity index (χ2n) is 6.18. The molecule has 2 aromatic rings. The molecular weight excluding hydrogens is 280 g/mol. The van der Waals surface area contributed by atoms with Crippen LogP contribution in [0.5, 0.6) is 0 Å². The maximum atomic E-state index is 12.2. The van der Waals surface area contributed by atoms with Crippen LogP contribution in [0.4, 0.5) is 11.4 Å². The highest BCUT2D eigenvalue weighted by molar-refractivity contribution is 6.00. The highest BCUT2D eigenvalue weighted by Crippen LogP contribution is 2.47. The van der Waals surface area contributed by atoms with Gasteiger partial charge >= 0.3 is 0 Å². The molecule has 0 bridgehead atoms. The molecule has 2 aromatic heterocycles. The molecule has 3 atom stereocenters. The van der Waals surface area contributed by atoms with E-state index < -0.39 is 0 Å². The van der Waals surface area contributed by atoms with Crippen LogP contribution in [-0.2, 0) is 4.79 Å². The molecule has 0 aromatic carbocycles. The maximum Gasteiger partial charge on any atom is 0.230 e. The number of rotatable bonds is 3. The molecule has 7 heteroatoms. The molecule has 22 heavy (non-hydrogen) atoms. The highest BCUT2D eigenvalue weighted by atomic mass is 16.2. The molecule has 4 rings (SSSR count). The average Bonchev–Trinajstić information content (AvgIpc) is 3.03. The summed E-state index contributed by atoms with van der Waals surface area (Å²) in [6.07, 6.45) is 6.16. The Bertz CT molecular complexity index is 754. The second-order valence-corrected chi connectivity index (χ2v) is 6.18. The minimum Gasteiger partial charge on any atom is -0.396 e. The summed E-state index contributed by atoms with van der Waals surface area (Å²) in [7, 11) is 0. The minimum absolute atomic E-state index is 0.104. The number of fused-ring (bicyclic) bond motifs is 1. The predicted molar refractivity (Wildman–Crippen MR) is 81.2 cm³/mol. The first-order chi connectivity index (χ1) is 10.5. The fraction of sp³-hybridized carbons (Fsp3) is 0.467. The summed E-state index contributed by atoms with van der Waals surface area (Å²) in [4.78, 5) is 23.0. The molecular formula is C15H18N6O. The van der Waals surface area contributed by atoms with Gasteiger partial charge in [0.25, 0.3) is 0 Å². The number of nitrogens with two attached hydrogens (primary N) is 1. The quantitative estimate of drug-likeness (QED) is 0.918. The van der Waals surface area contributed by atoms with E-state index in [1.165, 1.54) is 0 Å². The lowest BCUT2D eigenvalue weighted by atomic mass is 10.2. The number of hydrogen-bond donors (Lipinski definition) is 1. The van der Waals surface area contributed by atoms with E-state index in [9.17, 15) is 4.79 Å². The molecule has 1 saturated carbocycles. The summed E-state index contributed by atoms with van der Waals surface area (Å²) in [5.41, 5.74) is 7.96. The number of piperidine rings is 1. The smallest absolute Gasteiger partial charge is 0.230 e. The molecule has 1 amide bonds. The van der Waals surface area contributed by atoms with Crippen molar-refractivity contribution in [2.24, 2.45) is 11.8 Å². The molecule has 1 unspecified atom stereocenters. The van der Waals surface area contributed by atoms with Gasteiger partial charge in [-0.25, -0.2) is 9.97 Å². The van der Waals surface area contributed by atoms with Gasteiger partial charge in [-0.15, -0.1) is 0 Å². The lowest BCUT2D eigenvalue weighted by molar-refractivity contribution is -0.118. The standard InChI is InChI=1S/C15H18N6O/c1-8-13(20-6-10-3-12(10)15(20)22)5-17-14(19-8)9(2)21-7-11(16)4-18-21/h4-5,7,9-10,12H,3,6,16H2,1-2H3/t9?,10-,12-/m1/s1. The van der Waals surface area contributed by atoms with Gasteiger partial charge in [-0.1, -0.05) is 0 Å². The maximum absolute atomic E-state index is 12.2. The summed E-state index contributed by atoms with van der Waals surface area (Å²) in [5.74, 6) is 1.67. The van der Waals surface area contributed by atoms with E-state index in [4.69, 9.17) is 5.73 Å². The summed E-state index contributed by atoms with van der Waals surface area (Å²) in [6, 6.07) is -0.104. The van der Waals surface area contributed by atoms with Crippen LogP contribution < -0.4 is 10.6 Å². The van der Waals surface area contributed by atoms with Crippen LogP contribution in [-0.4, -0.2) is 32.2 Å². The van der Waals surface area contributed by atoms with Gasteiger partial charge in [-0.2, -0.15) is 5.10 Å². The Balaban J connectivity index is 1.61. The van der Waals surface area contributed by atoms with E-state index in [-0.39, 0.29) is 17.9 Å². The van der Waals surface area contributed by atoms with Gasteiger partial charge in [0.2, 0.25) is 5.91 Å². The fourth-order valence-electron chi connectivity index (χ4n) is 3.12. The van der Waals surface area contributed by atoms with Crippen molar-refractivity contribution in [3.05, 3.63) is 30.1 Å². The first-order valence-corrected chi connectivity index (χ1v) is 7.49. The van der Waals surface area contributed by atoms with Crippen molar-refractivity contribution in [1.82, 2.24) is 19.7 Å². The van der Waals surface area contributed by atoms with E-state index in [1.54, 1.807) is 23.3 Å². The monoisotopic (exact) mass is 298 g/mol. The molecule has 2 aliphatic rings.